The molecule has 0 bridgehead atoms. The van der Waals surface area contributed by atoms with Gasteiger partial charge in [0, 0.05) is 13.6 Å². The number of ether oxygens (including phenoxy) is 1. The molecule has 1 heterocycles. The van der Waals surface area contributed by atoms with Gasteiger partial charge in [-0.15, -0.1) is 0 Å². The molecule has 0 aromatic heterocycles. The summed E-state index contributed by atoms with van der Waals surface area (Å²) >= 11 is 0. The summed E-state index contributed by atoms with van der Waals surface area (Å²) in [7, 11) is -3.45. The highest BCUT2D eigenvalue weighted by atomic mass is 32.2. The van der Waals surface area contributed by atoms with E-state index < -0.39 is 68.3 Å². The number of likely N-dealkylation sites (N-methyl/N-ethyl adjacent to an activating group) is 1. The predicted octanol–water partition coefficient (Wildman–Crippen LogP) is 2.80. The minimum absolute atomic E-state index is 0.474. The van der Waals surface area contributed by atoms with Crippen molar-refractivity contribution in [3.63, 3.8) is 0 Å². The second-order valence-corrected chi connectivity index (χ2v) is 10.2. The molecule has 12 heteroatoms. The number of halogens is 3. The molecule has 1 aromatic rings. The monoisotopic (exact) mass is 461 g/mol. The molecule has 0 spiro atoms. The van der Waals surface area contributed by atoms with Gasteiger partial charge >= 0.3 is 12.3 Å². The normalized spacial score (nSPS) is 19.6. The lowest BCUT2D eigenvalue weighted by molar-refractivity contribution is -0.140. The summed E-state index contributed by atoms with van der Waals surface area (Å²) in [5, 5.41) is 7.49. The van der Waals surface area contributed by atoms with Gasteiger partial charge in [0.05, 0.1) is 15.7 Å². The molecule has 1 aliphatic rings. The Hall–Kier alpha value is -2.81. The quantitative estimate of drug-likeness (QED) is 0.506. The van der Waals surface area contributed by atoms with Crippen LogP contribution in [0.15, 0.2) is 29.2 Å². The highest BCUT2D eigenvalue weighted by molar-refractivity contribution is 7.92. The van der Waals surface area contributed by atoms with Gasteiger partial charge in [0.1, 0.15) is 11.6 Å². The van der Waals surface area contributed by atoms with E-state index >= 15 is 0 Å². The van der Waals surface area contributed by atoms with Crippen molar-refractivity contribution in [2.75, 3.05) is 13.6 Å². The number of nitriles is 1. The van der Waals surface area contributed by atoms with Crippen LogP contribution in [-0.4, -0.2) is 60.7 Å². The third kappa shape index (κ3) is 5.28. The number of amides is 2. The van der Waals surface area contributed by atoms with Gasteiger partial charge in [-0.1, -0.05) is 12.1 Å². The molecule has 1 fully saturated rings. The highest BCUT2D eigenvalue weighted by Crippen LogP contribution is 2.38. The van der Waals surface area contributed by atoms with E-state index in [2.05, 4.69) is 0 Å². The van der Waals surface area contributed by atoms with Gasteiger partial charge in [-0.3, -0.25) is 14.6 Å². The standard InChI is InChI=1S/C19H22F3N3O5S/c1-18(2,3)30-17(27)25-10-12(9-14(25)16(26)24(4)11-23)31(28,29)15-8-6-5-7-13(15)19(20,21)22/h5-8,12,14H,9-10H2,1-4H3/t12-,14+/m1/s1. The Morgan fingerprint density at radius 3 is 2.32 bits per heavy atom. The van der Waals surface area contributed by atoms with Crippen molar-refractivity contribution in [2.45, 2.75) is 55.2 Å². The predicted molar refractivity (Wildman–Crippen MR) is 102 cm³/mol. The molecule has 1 saturated heterocycles. The summed E-state index contributed by atoms with van der Waals surface area (Å²) in [6, 6.07) is 2.34. The first-order valence-electron chi connectivity index (χ1n) is 9.16. The number of likely N-dealkylation sites (tertiary alicyclic amines) is 1. The lowest BCUT2D eigenvalue weighted by Gasteiger charge is -2.28. The average Bonchev–Trinajstić information content (AvgIpc) is 3.11. The molecule has 2 rings (SSSR count). The number of carbonyl (C=O) groups excluding carboxylic acids is 2. The Morgan fingerprint density at radius 1 is 1.23 bits per heavy atom. The van der Waals surface area contributed by atoms with Crippen molar-refractivity contribution in [2.24, 2.45) is 0 Å². The number of benzene rings is 1. The Labute approximate surface area is 178 Å². The Morgan fingerprint density at radius 2 is 1.81 bits per heavy atom. The second-order valence-electron chi connectivity index (χ2n) is 8.04. The van der Waals surface area contributed by atoms with Crippen molar-refractivity contribution < 1.29 is 35.9 Å². The molecule has 0 radical (unpaired) electrons. The van der Waals surface area contributed by atoms with Crippen LogP contribution in [0.1, 0.15) is 32.8 Å². The van der Waals surface area contributed by atoms with Gasteiger partial charge in [0.2, 0.25) is 0 Å². The van der Waals surface area contributed by atoms with E-state index in [9.17, 15) is 31.2 Å². The smallest absolute Gasteiger partial charge is 0.417 e. The van der Waals surface area contributed by atoms with Gasteiger partial charge < -0.3 is 4.74 Å². The fourth-order valence-electron chi connectivity index (χ4n) is 3.18. The van der Waals surface area contributed by atoms with E-state index in [1.807, 2.05) is 0 Å². The van der Waals surface area contributed by atoms with Crippen molar-refractivity contribution in [1.29, 1.82) is 5.26 Å². The zero-order valence-corrected chi connectivity index (χ0v) is 18.1. The molecular weight excluding hydrogens is 439 g/mol. The summed E-state index contributed by atoms with van der Waals surface area (Å²) in [6.45, 7) is 4.13. The van der Waals surface area contributed by atoms with E-state index in [0.29, 0.717) is 11.0 Å². The summed E-state index contributed by atoms with van der Waals surface area (Å²) in [5.74, 6) is -0.866. The van der Waals surface area contributed by atoms with Crippen LogP contribution in [0.2, 0.25) is 0 Å². The van der Waals surface area contributed by atoms with E-state index in [1.54, 1.807) is 27.0 Å². The zero-order valence-electron chi connectivity index (χ0n) is 17.3. The molecule has 0 aliphatic carbocycles. The molecule has 170 valence electrons. The van der Waals surface area contributed by atoms with Crippen LogP contribution in [0.5, 0.6) is 0 Å². The molecule has 0 unspecified atom stereocenters. The molecular formula is C19H22F3N3O5S. The summed E-state index contributed by atoms with van der Waals surface area (Å²) < 4.78 is 71.5. The lowest BCUT2D eigenvalue weighted by atomic mass is 10.2. The summed E-state index contributed by atoms with van der Waals surface area (Å²) in [6.07, 6.45) is -4.82. The number of alkyl halides is 3. The van der Waals surface area contributed by atoms with E-state index in [0.717, 1.165) is 30.1 Å². The maximum Gasteiger partial charge on any atom is 0.417 e. The van der Waals surface area contributed by atoms with Gasteiger partial charge in [-0.25, -0.2) is 13.2 Å². The van der Waals surface area contributed by atoms with Crippen molar-refractivity contribution in [3.05, 3.63) is 29.8 Å². The van der Waals surface area contributed by atoms with Crippen molar-refractivity contribution in [1.82, 2.24) is 9.80 Å². The van der Waals surface area contributed by atoms with Crippen LogP contribution >= 0.6 is 0 Å². The largest absolute Gasteiger partial charge is 0.444 e. The Bertz CT molecular complexity index is 1010. The molecule has 2 atom stereocenters. The number of carbonyl (C=O) groups is 2. The topological polar surface area (TPSA) is 108 Å². The zero-order chi connectivity index (χ0) is 23.8. The van der Waals surface area contributed by atoms with Gasteiger partial charge in [0.25, 0.3) is 5.91 Å². The highest BCUT2D eigenvalue weighted by Gasteiger charge is 2.49. The maximum absolute atomic E-state index is 13.4. The van der Waals surface area contributed by atoms with Crippen molar-refractivity contribution >= 4 is 21.8 Å². The molecule has 1 aliphatic heterocycles. The van der Waals surface area contributed by atoms with Crippen LogP contribution in [0.4, 0.5) is 18.0 Å². The molecule has 0 saturated carbocycles. The van der Waals surface area contributed by atoms with Crippen LogP contribution < -0.4 is 0 Å². The van der Waals surface area contributed by atoms with Crippen molar-refractivity contribution in [3.8, 4) is 6.19 Å². The van der Waals surface area contributed by atoms with Crippen LogP contribution in [0.3, 0.4) is 0 Å². The number of nitrogens with zero attached hydrogens (tertiary/aromatic N) is 3. The van der Waals surface area contributed by atoms with Gasteiger partial charge in [-0.05, 0) is 39.3 Å². The van der Waals surface area contributed by atoms with Crippen LogP contribution in [-0.2, 0) is 25.5 Å². The molecule has 1 aromatic carbocycles. The molecule has 2 amide bonds. The first kappa shape index (κ1) is 24.5. The molecule has 0 N–H and O–H groups in total. The number of hydrogen-bond donors (Lipinski definition) is 0. The summed E-state index contributed by atoms with van der Waals surface area (Å²) in [4.78, 5) is 25.7. The third-order valence-corrected chi connectivity index (χ3v) is 6.78. The first-order valence-corrected chi connectivity index (χ1v) is 10.7. The second kappa shape index (κ2) is 8.37. The van der Waals surface area contributed by atoms with Gasteiger partial charge in [-0.2, -0.15) is 18.4 Å². The fraction of sp³-hybridized carbons (Fsp3) is 0.526. The SMILES string of the molecule is CN(C#N)C(=O)[C@@H]1C[C@@H](S(=O)(=O)c2ccccc2C(F)(F)F)CN1C(=O)OC(C)(C)C. The maximum atomic E-state index is 13.4. The molecule has 31 heavy (non-hydrogen) atoms. The minimum Gasteiger partial charge on any atom is -0.444 e. The average molecular weight is 461 g/mol. The first-order chi connectivity index (χ1) is 14.1. The Kier molecular flexibility index (Phi) is 6.61. The summed E-state index contributed by atoms with van der Waals surface area (Å²) in [5.41, 5.74) is -2.30. The molecule has 8 nitrogen and oxygen atoms in total. The van der Waals surface area contributed by atoms with E-state index in [4.69, 9.17) is 10.00 Å². The van der Waals surface area contributed by atoms with E-state index in [1.165, 1.54) is 0 Å². The minimum atomic E-state index is -4.91. The fourth-order valence-corrected chi connectivity index (χ4v) is 5.09. The Balaban J connectivity index is 2.48. The van der Waals surface area contributed by atoms with Gasteiger partial charge in [0.15, 0.2) is 16.0 Å². The van der Waals surface area contributed by atoms with Crippen LogP contribution in [0, 0.1) is 11.5 Å². The van der Waals surface area contributed by atoms with E-state index in [-0.39, 0.29) is 0 Å². The number of rotatable bonds is 3. The lowest BCUT2D eigenvalue weighted by Crippen LogP contribution is -2.47. The third-order valence-electron chi connectivity index (χ3n) is 4.59. The number of hydrogen-bond acceptors (Lipinski definition) is 6. The number of sulfone groups is 1. The van der Waals surface area contributed by atoms with Crippen LogP contribution in [0.25, 0.3) is 0 Å².